The predicted octanol–water partition coefficient (Wildman–Crippen LogP) is -1.26. The predicted molar refractivity (Wildman–Crippen MR) is 202 cm³/mol. The van der Waals surface area contributed by atoms with Gasteiger partial charge in [0.1, 0.15) is 45.3 Å². The van der Waals surface area contributed by atoms with Gasteiger partial charge in [-0.05, 0) is 56.5 Å². The molecule has 1 saturated heterocycles. The van der Waals surface area contributed by atoms with E-state index in [9.17, 15) is 78.0 Å². The molecular formula is C38H42N6O17. The lowest BCUT2D eigenvalue weighted by atomic mass is 10.1. The number of aliphatic carboxylic acids is 4. The maximum Gasteiger partial charge on any atom is 0.363 e. The summed E-state index contributed by atoms with van der Waals surface area (Å²) in [6, 6.07) is 9.65. The highest BCUT2D eigenvalue weighted by atomic mass is 16.7. The van der Waals surface area contributed by atoms with Crippen LogP contribution in [-0.4, -0.2) is 163 Å². The first-order chi connectivity index (χ1) is 28.7. The van der Waals surface area contributed by atoms with Gasteiger partial charge in [0.15, 0.2) is 0 Å². The van der Waals surface area contributed by atoms with Crippen molar-refractivity contribution in [2.45, 2.75) is 45.1 Å². The van der Waals surface area contributed by atoms with Crippen LogP contribution in [0.3, 0.4) is 0 Å². The molecule has 1 unspecified atom stereocenters. The van der Waals surface area contributed by atoms with Gasteiger partial charge in [0.25, 0.3) is 23.6 Å². The lowest BCUT2D eigenvalue weighted by Crippen LogP contribution is -2.52. The summed E-state index contributed by atoms with van der Waals surface area (Å²) in [7, 11) is 0. The molecule has 1 aliphatic rings. The summed E-state index contributed by atoms with van der Waals surface area (Å²) < 4.78 is 0. The van der Waals surface area contributed by atoms with Crippen LogP contribution >= 0.6 is 0 Å². The number of carboxylic acid groups (broad SMARTS) is 4. The molecule has 7 amide bonds. The second-order valence-corrected chi connectivity index (χ2v) is 13.5. The summed E-state index contributed by atoms with van der Waals surface area (Å²) >= 11 is 0. The molecule has 0 spiro atoms. The fourth-order valence-electron chi connectivity index (χ4n) is 5.67. The van der Waals surface area contributed by atoms with Gasteiger partial charge in [-0.15, -0.1) is 5.06 Å². The Balaban J connectivity index is 1.67. The largest absolute Gasteiger partial charge is 0.480 e. The molecule has 61 heavy (non-hydrogen) atoms. The molecule has 23 nitrogen and oxygen atoms in total. The molecule has 6 N–H and O–H groups in total. The van der Waals surface area contributed by atoms with Gasteiger partial charge in [0.05, 0.1) is 5.56 Å². The molecule has 1 aliphatic heterocycles. The van der Waals surface area contributed by atoms with Crippen LogP contribution in [0.4, 0.5) is 0 Å². The Hall–Kier alpha value is -7.72. The average molecular weight is 855 g/mol. The number of carbonyl (C=O) groups excluding carboxylic acids is 8. The number of benzene rings is 2. The molecule has 23 heteroatoms. The number of aryl methyl sites for hydroxylation is 1. The molecule has 2 aromatic carbocycles. The van der Waals surface area contributed by atoms with E-state index < -0.39 is 116 Å². The van der Waals surface area contributed by atoms with Gasteiger partial charge in [-0.3, -0.25) is 47.9 Å². The van der Waals surface area contributed by atoms with Gasteiger partial charge in [0, 0.05) is 30.5 Å². The lowest BCUT2D eigenvalue weighted by Gasteiger charge is -2.28. The maximum atomic E-state index is 13.4. The van der Waals surface area contributed by atoms with Gasteiger partial charge >= 0.3 is 29.8 Å². The number of carbonyl (C=O) groups is 12. The molecule has 1 heterocycles. The van der Waals surface area contributed by atoms with E-state index in [2.05, 4.69) is 10.6 Å². The molecule has 0 bridgehead atoms. The van der Waals surface area contributed by atoms with Crippen molar-refractivity contribution in [1.29, 1.82) is 0 Å². The Morgan fingerprint density at radius 3 is 1.77 bits per heavy atom. The van der Waals surface area contributed by atoms with Crippen molar-refractivity contribution in [1.82, 2.24) is 30.4 Å². The van der Waals surface area contributed by atoms with Crippen molar-refractivity contribution in [2.75, 3.05) is 45.8 Å². The zero-order valence-electron chi connectivity index (χ0n) is 32.6. The molecule has 3 rings (SSSR count). The van der Waals surface area contributed by atoms with E-state index in [1.807, 2.05) is 13.0 Å². The molecule has 0 saturated carbocycles. The Morgan fingerprint density at radius 1 is 0.672 bits per heavy atom. The zero-order chi connectivity index (χ0) is 45.4. The number of rotatable bonds is 23. The van der Waals surface area contributed by atoms with Crippen LogP contribution in [0.15, 0.2) is 48.5 Å². The van der Waals surface area contributed by atoms with Crippen molar-refractivity contribution >= 4 is 71.2 Å². The molecule has 1 fully saturated rings. The molecule has 2 aromatic rings. The number of imide groups is 1. The summed E-state index contributed by atoms with van der Waals surface area (Å²) in [6.45, 7) is -4.99. The highest BCUT2D eigenvalue weighted by Gasteiger charge is 2.34. The SMILES string of the molecule is Cc1cccc(C(=O)NCCCCC(NC(=O)CN(CC(=O)O)C(=O)CN(CC(=O)O)C(=O)CN(CC(=O)O)C(=O)c2cccc(C(=O)ON3C(=O)CCC3=O)c2)C(=O)O)c1. The van der Waals surface area contributed by atoms with Gasteiger partial charge in [-0.1, -0.05) is 23.8 Å². The van der Waals surface area contributed by atoms with Crippen molar-refractivity contribution in [3.63, 3.8) is 0 Å². The molecule has 326 valence electrons. The molecule has 0 radical (unpaired) electrons. The fourth-order valence-corrected chi connectivity index (χ4v) is 5.67. The summed E-state index contributed by atoms with van der Waals surface area (Å²) in [5.41, 5.74) is 0.544. The number of hydroxylamine groups is 2. The highest BCUT2D eigenvalue weighted by Crippen LogP contribution is 2.16. The fraction of sp³-hybridized carbons (Fsp3) is 0.368. The highest BCUT2D eigenvalue weighted by molar-refractivity contribution is 6.04. The van der Waals surface area contributed by atoms with E-state index in [0.29, 0.717) is 26.7 Å². The Bertz CT molecular complexity index is 2070. The smallest absolute Gasteiger partial charge is 0.363 e. The van der Waals surface area contributed by atoms with Crippen molar-refractivity contribution < 1.29 is 82.8 Å². The molecular weight excluding hydrogens is 812 g/mol. The van der Waals surface area contributed by atoms with E-state index in [4.69, 9.17) is 4.84 Å². The van der Waals surface area contributed by atoms with Crippen LogP contribution in [0.25, 0.3) is 0 Å². The third-order valence-corrected chi connectivity index (χ3v) is 8.60. The Labute approximate surface area is 345 Å². The lowest BCUT2D eigenvalue weighted by molar-refractivity contribution is -0.172. The first-order valence-electron chi connectivity index (χ1n) is 18.3. The first kappa shape index (κ1) is 47.7. The van der Waals surface area contributed by atoms with E-state index in [0.717, 1.165) is 29.8 Å². The van der Waals surface area contributed by atoms with Crippen LogP contribution < -0.4 is 10.6 Å². The topological polar surface area (TPSA) is 332 Å². The van der Waals surface area contributed by atoms with Crippen molar-refractivity contribution in [2.24, 2.45) is 0 Å². The molecule has 1 atom stereocenters. The molecule has 0 aliphatic carbocycles. The normalized spacial score (nSPS) is 12.4. The second-order valence-electron chi connectivity index (χ2n) is 13.5. The van der Waals surface area contributed by atoms with Gasteiger partial charge < -0.3 is 50.6 Å². The summed E-state index contributed by atoms with van der Waals surface area (Å²) in [6.07, 6.45) is -0.00733. The van der Waals surface area contributed by atoms with E-state index in [1.54, 1.807) is 18.2 Å². The summed E-state index contributed by atoms with van der Waals surface area (Å²) in [4.78, 5) is 155. The average Bonchev–Trinajstić information content (AvgIpc) is 3.50. The minimum absolute atomic E-state index is 0.129. The Kier molecular flexibility index (Phi) is 17.5. The number of nitrogens with one attached hydrogen (secondary N) is 2. The molecule has 0 aromatic heterocycles. The standard InChI is InChI=1S/C38H42N6O17/c1-22-6-4-7-23(14-22)35(56)39-13-3-2-10-26(37(58)59)40-27(45)16-41(19-32(50)51)30(48)17-42(20-33(52)53)31(49)18-43(21-34(54)55)36(57)24-8-5-9-25(15-24)38(60)61-44-28(46)11-12-29(44)47/h4-9,14-15,26H,2-3,10-13,16-21H2,1H3,(H,39,56)(H,40,45)(H,50,51)(H,52,53)(H,54,55)(H,58,59). The number of amides is 7. The minimum Gasteiger partial charge on any atom is -0.480 e. The number of carboxylic acids is 4. The van der Waals surface area contributed by atoms with Gasteiger partial charge in [0.2, 0.25) is 17.7 Å². The number of unbranched alkanes of at least 4 members (excludes halogenated alkanes) is 1. The van der Waals surface area contributed by atoms with E-state index in [-0.39, 0.29) is 48.8 Å². The van der Waals surface area contributed by atoms with Crippen molar-refractivity contribution in [3.05, 3.63) is 70.8 Å². The van der Waals surface area contributed by atoms with Crippen LogP contribution in [0, 0.1) is 6.92 Å². The van der Waals surface area contributed by atoms with Crippen LogP contribution in [0.5, 0.6) is 0 Å². The van der Waals surface area contributed by atoms with E-state index >= 15 is 0 Å². The van der Waals surface area contributed by atoms with E-state index in [1.165, 1.54) is 0 Å². The second kappa shape index (κ2) is 22.4. The van der Waals surface area contributed by atoms with Crippen LogP contribution in [0.2, 0.25) is 0 Å². The van der Waals surface area contributed by atoms with Crippen LogP contribution in [-0.2, 0) is 48.0 Å². The van der Waals surface area contributed by atoms with Gasteiger partial charge in [-0.2, -0.15) is 0 Å². The summed E-state index contributed by atoms with van der Waals surface area (Å²) in [5.74, 6) is -14.6. The zero-order valence-corrected chi connectivity index (χ0v) is 32.6. The summed E-state index contributed by atoms with van der Waals surface area (Å²) in [5, 5.41) is 43.2. The maximum absolute atomic E-state index is 13.4. The van der Waals surface area contributed by atoms with Gasteiger partial charge in [-0.25, -0.2) is 9.59 Å². The third kappa shape index (κ3) is 15.2. The number of hydrogen-bond acceptors (Lipinski definition) is 13. The quantitative estimate of drug-likeness (QED) is 0.0561. The number of hydrogen-bond donors (Lipinski definition) is 6. The minimum atomic E-state index is -1.69. The van der Waals surface area contributed by atoms with Crippen LogP contribution in [0.1, 0.15) is 68.7 Å². The third-order valence-electron chi connectivity index (χ3n) is 8.60. The Morgan fingerprint density at radius 2 is 1.20 bits per heavy atom. The first-order valence-corrected chi connectivity index (χ1v) is 18.3. The number of nitrogens with zero attached hydrogens (tertiary/aromatic N) is 4. The van der Waals surface area contributed by atoms with Crippen molar-refractivity contribution in [3.8, 4) is 0 Å². The monoisotopic (exact) mass is 854 g/mol.